The molecule has 39 heavy (non-hydrogen) atoms. The number of aromatic nitrogens is 1. The molecule has 0 fully saturated rings. The lowest BCUT2D eigenvalue weighted by molar-refractivity contribution is -0.143. The zero-order chi connectivity index (χ0) is 29.2. The van der Waals surface area contributed by atoms with Crippen molar-refractivity contribution in [2.24, 2.45) is 0 Å². The highest BCUT2D eigenvalue weighted by Gasteiger charge is 2.37. The van der Waals surface area contributed by atoms with Crippen LogP contribution in [0, 0.1) is 0 Å². The first-order chi connectivity index (χ1) is 18.0. The van der Waals surface area contributed by atoms with E-state index in [0.717, 1.165) is 19.2 Å². The number of hydrogen-bond acceptors (Lipinski definition) is 4. The Morgan fingerprint density at radius 3 is 1.87 bits per heavy atom. The molecule has 0 aliphatic rings. The molecule has 0 saturated heterocycles. The third-order valence-electron chi connectivity index (χ3n) is 5.54. The molecule has 5 nitrogen and oxygen atoms in total. The summed E-state index contributed by atoms with van der Waals surface area (Å²) in [7, 11) is 2.20. The number of pyridine rings is 1. The summed E-state index contributed by atoms with van der Waals surface area (Å²) in [5, 5.41) is 0. The van der Waals surface area contributed by atoms with Crippen LogP contribution in [0.1, 0.15) is 27.8 Å². The number of methoxy groups -OCH3 is 2. The summed E-state index contributed by atoms with van der Waals surface area (Å²) in [6.45, 7) is -1.53. The number of halogens is 9. The molecule has 0 atom stereocenters. The van der Waals surface area contributed by atoms with E-state index in [0.29, 0.717) is 23.1 Å². The van der Waals surface area contributed by atoms with Crippen LogP contribution in [0.2, 0.25) is 0 Å². The molecule has 0 aliphatic heterocycles. The largest absolute Gasteiger partial charge is 0.496 e. The minimum Gasteiger partial charge on any atom is -0.496 e. The second-order valence-corrected chi connectivity index (χ2v) is 8.19. The molecular formula is C25H19F9N2O3. The number of nitrogens with zero attached hydrogens (tertiary/aromatic N) is 2. The van der Waals surface area contributed by atoms with Crippen molar-refractivity contribution in [3.8, 4) is 16.9 Å². The monoisotopic (exact) mass is 566 g/mol. The van der Waals surface area contributed by atoms with Gasteiger partial charge in [0.1, 0.15) is 5.75 Å². The van der Waals surface area contributed by atoms with Gasteiger partial charge in [-0.25, -0.2) is 4.79 Å². The molecule has 0 spiro atoms. The second kappa shape index (κ2) is 11.0. The molecule has 14 heteroatoms. The molecule has 1 amide bonds. The van der Waals surface area contributed by atoms with Crippen LogP contribution < -0.4 is 4.74 Å². The van der Waals surface area contributed by atoms with Gasteiger partial charge in [0.25, 0.3) is 0 Å². The van der Waals surface area contributed by atoms with E-state index < -0.39 is 60.0 Å². The maximum atomic E-state index is 13.5. The quantitative estimate of drug-likeness (QED) is 0.289. The van der Waals surface area contributed by atoms with Gasteiger partial charge in [0.2, 0.25) is 0 Å². The zero-order valence-corrected chi connectivity index (χ0v) is 20.1. The van der Waals surface area contributed by atoms with Crippen LogP contribution in [-0.4, -0.2) is 30.2 Å². The van der Waals surface area contributed by atoms with Gasteiger partial charge in [-0.1, -0.05) is 6.07 Å². The lowest BCUT2D eigenvalue weighted by Gasteiger charge is -2.25. The Morgan fingerprint density at radius 1 is 0.769 bits per heavy atom. The molecule has 210 valence electrons. The highest BCUT2D eigenvalue weighted by molar-refractivity contribution is 5.74. The van der Waals surface area contributed by atoms with Gasteiger partial charge in [-0.2, -0.15) is 39.5 Å². The fourth-order valence-corrected chi connectivity index (χ4v) is 3.78. The normalized spacial score (nSPS) is 12.3. The van der Waals surface area contributed by atoms with E-state index in [4.69, 9.17) is 4.74 Å². The molecule has 1 heterocycles. The Kier molecular flexibility index (Phi) is 8.36. The van der Waals surface area contributed by atoms with E-state index >= 15 is 0 Å². The molecule has 0 bridgehead atoms. The first-order valence-electron chi connectivity index (χ1n) is 10.8. The number of hydrogen-bond donors (Lipinski definition) is 0. The maximum absolute atomic E-state index is 13.5. The SMILES string of the molecule is COC(=O)N(Cc1cc(C(F)(F)F)cc(C(F)(F)F)c1)Cc1cc(C(F)(F)F)ccc1-c1cnccc1OC. The van der Waals surface area contributed by atoms with Gasteiger partial charge >= 0.3 is 24.6 Å². The summed E-state index contributed by atoms with van der Waals surface area (Å²) in [6, 6.07) is 4.77. The number of rotatable bonds is 6. The summed E-state index contributed by atoms with van der Waals surface area (Å²) in [6.07, 6.45) is -13.6. The Bertz CT molecular complexity index is 1300. The average Bonchev–Trinajstić information content (AvgIpc) is 2.86. The van der Waals surface area contributed by atoms with Crippen LogP contribution in [0.3, 0.4) is 0 Å². The van der Waals surface area contributed by atoms with Gasteiger partial charge < -0.3 is 9.47 Å². The van der Waals surface area contributed by atoms with E-state index in [1.54, 1.807) is 0 Å². The van der Waals surface area contributed by atoms with Crippen molar-refractivity contribution in [2.45, 2.75) is 31.6 Å². The summed E-state index contributed by atoms with van der Waals surface area (Å²) in [5.41, 5.74) is -4.70. The number of benzene rings is 2. The van der Waals surface area contributed by atoms with Gasteiger partial charge in [-0.3, -0.25) is 9.88 Å². The Morgan fingerprint density at radius 2 is 1.36 bits per heavy atom. The maximum Gasteiger partial charge on any atom is 0.416 e. The summed E-state index contributed by atoms with van der Waals surface area (Å²) in [4.78, 5) is 17.1. The molecular weight excluding hydrogens is 547 g/mol. The minimum atomic E-state index is -5.14. The van der Waals surface area contributed by atoms with Gasteiger partial charge in [0, 0.05) is 31.0 Å². The van der Waals surface area contributed by atoms with Crippen molar-refractivity contribution in [1.82, 2.24) is 9.88 Å². The van der Waals surface area contributed by atoms with Crippen molar-refractivity contribution >= 4 is 6.09 Å². The van der Waals surface area contributed by atoms with E-state index in [-0.39, 0.29) is 28.5 Å². The number of carbonyl (C=O) groups is 1. The van der Waals surface area contributed by atoms with E-state index in [1.807, 2.05) is 0 Å². The number of carbonyl (C=O) groups excluding carboxylic acids is 1. The smallest absolute Gasteiger partial charge is 0.416 e. The van der Waals surface area contributed by atoms with E-state index in [2.05, 4.69) is 9.72 Å². The topological polar surface area (TPSA) is 51.7 Å². The third-order valence-corrected chi connectivity index (χ3v) is 5.54. The molecule has 0 saturated carbocycles. The molecule has 2 aromatic carbocycles. The lowest BCUT2D eigenvalue weighted by Crippen LogP contribution is -2.30. The number of ether oxygens (including phenoxy) is 2. The Balaban J connectivity index is 2.14. The second-order valence-electron chi connectivity index (χ2n) is 8.19. The van der Waals surface area contributed by atoms with Crippen LogP contribution in [0.15, 0.2) is 54.9 Å². The third kappa shape index (κ3) is 7.12. The van der Waals surface area contributed by atoms with E-state index in [9.17, 15) is 44.3 Å². The molecule has 3 aromatic rings. The van der Waals surface area contributed by atoms with Gasteiger partial charge in [-0.05, 0) is 53.1 Å². The van der Waals surface area contributed by atoms with E-state index in [1.165, 1.54) is 25.6 Å². The minimum absolute atomic E-state index is 0.0778. The van der Waals surface area contributed by atoms with Crippen LogP contribution >= 0.6 is 0 Å². The van der Waals surface area contributed by atoms with Crippen molar-refractivity contribution in [3.63, 3.8) is 0 Å². The van der Waals surface area contributed by atoms with Gasteiger partial charge in [0.15, 0.2) is 0 Å². The first kappa shape index (κ1) is 29.6. The average molecular weight is 566 g/mol. The Hall–Kier alpha value is -3.97. The fourth-order valence-electron chi connectivity index (χ4n) is 3.78. The predicted octanol–water partition coefficient (Wildman–Crippen LogP) is 7.58. The van der Waals surface area contributed by atoms with Crippen LogP contribution in [0.25, 0.3) is 11.1 Å². The summed E-state index contributed by atoms with van der Waals surface area (Å²) in [5.74, 6) is 0.211. The molecule has 0 radical (unpaired) electrons. The summed E-state index contributed by atoms with van der Waals surface area (Å²) >= 11 is 0. The molecule has 0 N–H and O–H groups in total. The lowest BCUT2D eigenvalue weighted by atomic mass is 9.97. The van der Waals surface area contributed by atoms with Crippen molar-refractivity contribution in [3.05, 3.63) is 82.7 Å². The first-order valence-corrected chi connectivity index (χ1v) is 10.8. The highest BCUT2D eigenvalue weighted by atomic mass is 19.4. The van der Waals surface area contributed by atoms with Crippen LogP contribution in [0.4, 0.5) is 44.3 Å². The number of amides is 1. The zero-order valence-electron chi connectivity index (χ0n) is 20.1. The van der Waals surface area contributed by atoms with Crippen LogP contribution in [-0.2, 0) is 36.4 Å². The van der Waals surface area contributed by atoms with Crippen molar-refractivity contribution in [2.75, 3.05) is 14.2 Å². The van der Waals surface area contributed by atoms with Gasteiger partial charge in [-0.15, -0.1) is 0 Å². The highest BCUT2D eigenvalue weighted by Crippen LogP contribution is 2.39. The summed E-state index contributed by atoms with van der Waals surface area (Å²) < 4.78 is 130. The predicted molar refractivity (Wildman–Crippen MR) is 119 cm³/mol. The van der Waals surface area contributed by atoms with Crippen molar-refractivity contribution in [1.29, 1.82) is 0 Å². The fraction of sp³-hybridized carbons (Fsp3) is 0.280. The van der Waals surface area contributed by atoms with Crippen LogP contribution in [0.5, 0.6) is 5.75 Å². The molecule has 1 aromatic heterocycles. The Labute approximate surface area is 215 Å². The molecule has 3 rings (SSSR count). The van der Waals surface area contributed by atoms with Crippen molar-refractivity contribution < 1.29 is 53.8 Å². The molecule has 0 unspecified atom stereocenters. The number of alkyl halides is 9. The molecule has 0 aliphatic carbocycles. The standard InChI is InChI=1S/C25H19F9N2O3/c1-38-21-5-6-35-11-20(21)19-4-3-16(23(26,27)28)9-15(19)13-36(22(37)39-2)12-14-7-17(24(29,30)31)10-18(8-14)25(32,33)34/h3-11H,12-13H2,1-2H3. The van der Waals surface area contributed by atoms with Gasteiger partial charge in [0.05, 0.1) is 30.9 Å².